The van der Waals surface area contributed by atoms with Gasteiger partial charge >= 0.3 is 0 Å². The fourth-order valence-electron chi connectivity index (χ4n) is 8.24. The van der Waals surface area contributed by atoms with E-state index in [9.17, 15) is 0 Å². The molecule has 0 aliphatic heterocycles. The Morgan fingerprint density at radius 3 is 2.16 bits per heavy atom. The highest BCUT2D eigenvalue weighted by atomic mass is 16.5. The van der Waals surface area contributed by atoms with E-state index in [2.05, 4.69) is 182 Å². The van der Waals surface area contributed by atoms with Gasteiger partial charge in [-0.15, -0.1) is 0 Å². The second-order valence-corrected chi connectivity index (χ2v) is 17.9. The molecule has 0 aliphatic carbocycles. The first-order valence-corrected chi connectivity index (χ1v) is 20.1. The van der Waals surface area contributed by atoms with Crippen LogP contribution in [0, 0.1) is 19.8 Å². The molecule has 0 fully saturated rings. The van der Waals surface area contributed by atoms with Crippen molar-refractivity contribution in [3.05, 3.63) is 131 Å². The Morgan fingerprint density at radius 2 is 1.45 bits per heavy atom. The molecule has 4 aromatic carbocycles. The van der Waals surface area contributed by atoms with E-state index in [1.54, 1.807) is 0 Å². The number of benzene rings is 4. The van der Waals surface area contributed by atoms with Gasteiger partial charge in [-0.05, 0) is 114 Å². The molecule has 5 heteroatoms. The first-order chi connectivity index (χ1) is 26.1. The van der Waals surface area contributed by atoms with E-state index in [-0.39, 0.29) is 10.8 Å². The van der Waals surface area contributed by atoms with Crippen LogP contribution in [0.2, 0.25) is 0 Å². The predicted octanol–water partition coefficient (Wildman–Crippen LogP) is 14.0. The highest BCUT2D eigenvalue weighted by molar-refractivity contribution is 6.09. The van der Waals surface area contributed by atoms with Crippen molar-refractivity contribution in [3.8, 4) is 34.1 Å². The van der Waals surface area contributed by atoms with Crippen molar-refractivity contribution in [2.75, 3.05) is 0 Å². The van der Waals surface area contributed by atoms with Gasteiger partial charge in [0.25, 0.3) is 0 Å². The average Bonchev–Trinajstić information content (AvgIpc) is 3.63. The van der Waals surface area contributed by atoms with E-state index in [0.717, 1.165) is 45.4 Å². The molecule has 0 aliphatic rings. The second-order valence-electron chi connectivity index (χ2n) is 17.9. The van der Waals surface area contributed by atoms with E-state index < -0.39 is 0 Å². The Bertz CT molecular complexity index is 2470. The Kier molecular flexibility index (Phi) is 10.3. The van der Waals surface area contributed by atoms with Crippen molar-refractivity contribution in [2.24, 2.45) is 5.92 Å². The summed E-state index contributed by atoms with van der Waals surface area (Å²) >= 11 is 0. The molecule has 2 unspecified atom stereocenters. The van der Waals surface area contributed by atoms with Gasteiger partial charge in [0.15, 0.2) is 0 Å². The van der Waals surface area contributed by atoms with Gasteiger partial charge in [-0.1, -0.05) is 112 Å². The van der Waals surface area contributed by atoms with Gasteiger partial charge in [-0.25, -0.2) is 9.67 Å². The molecule has 2 atom stereocenters. The minimum Gasteiger partial charge on any atom is -0.457 e. The van der Waals surface area contributed by atoms with Gasteiger partial charge in [0.2, 0.25) is 0 Å². The zero-order valence-electron chi connectivity index (χ0n) is 34.8. The fourth-order valence-corrected chi connectivity index (χ4v) is 8.24. The molecule has 0 radical (unpaired) electrons. The van der Waals surface area contributed by atoms with Crippen molar-refractivity contribution in [1.29, 1.82) is 0 Å². The number of hydrogen-bond donors (Lipinski definition) is 0. The van der Waals surface area contributed by atoms with Crippen LogP contribution in [0.15, 0.2) is 103 Å². The summed E-state index contributed by atoms with van der Waals surface area (Å²) in [5.74, 6) is 3.65. The van der Waals surface area contributed by atoms with Gasteiger partial charge in [-0.3, -0.25) is 4.57 Å². The summed E-state index contributed by atoms with van der Waals surface area (Å²) < 4.78 is 11.2. The molecule has 0 saturated carbocycles. The predicted molar refractivity (Wildman–Crippen MR) is 232 cm³/mol. The summed E-state index contributed by atoms with van der Waals surface area (Å²) in [6.07, 6.45) is 5.62. The molecule has 3 heterocycles. The van der Waals surface area contributed by atoms with Crippen LogP contribution in [0.5, 0.6) is 11.5 Å². The molecular formula is C50H58N4O. The maximum absolute atomic E-state index is 6.86. The number of aryl methyl sites for hydroxylation is 1. The molecule has 3 aromatic heterocycles. The molecule has 0 bridgehead atoms. The quantitative estimate of drug-likeness (QED) is 0.141. The van der Waals surface area contributed by atoms with Gasteiger partial charge in [0.05, 0.1) is 22.4 Å². The monoisotopic (exact) mass is 730 g/mol. The number of aromatic nitrogens is 4. The highest BCUT2D eigenvalue weighted by Crippen LogP contribution is 2.39. The Morgan fingerprint density at radius 1 is 0.709 bits per heavy atom. The van der Waals surface area contributed by atoms with Crippen molar-refractivity contribution >= 4 is 21.8 Å². The van der Waals surface area contributed by atoms with Crippen LogP contribution in [0.1, 0.15) is 116 Å². The smallest absolute Gasteiger partial charge is 0.137 e. The molecule has 284 valence electrons. The third-order valence-electron chi connectivity index (χ3n) is 11.3. The first kappa shape index (κ1) is 38.1. The van der Waals surface area contributed by atoms with Gasteiger partial charge in [-0.2, -0.15) is 5.10 Å². The molecule has 0 saturated heterocycles. The number of pyridine rings is 1. The number of rotatable bonds is 10. The van der Waals surface area contributed by atoms with Crippen LogP contribution in [0.25, 0.3) is 44.4 Å². The number of fused-ring (bicyclic) bond motifs is 3. The van der Waals surface area contributed by atoms with Crippen molar-refractivity contribution in [3.63, 3.8) is 0 Å². The second kappa shape index (κ2) is 14.8. The van der Waals surface area contributed by atoms with E-state index in [0.29, 0.717) is 11.8 Å². The van der Waals surface area contributed by atoms with Crippen LogP contribution in [0.3, 0.4) is 0 Å². The van der Waals surface area contributed by atoms with Crippen molar-refractivity contribution in [2.45, 2.75) is 112 Å². The number of nitrogens with zero attached hydrogens (tertiary/aromatic N) is 4. The molecule has 5 nitrogen and oxygen atoms in total. The summed E-state index contributed by atoms with van der Waals surface area (Å²) in [7, 11) is 0. The Hall–Kier alpha value is -5.16. The lowest BCUT2D eigenvalue weighted by atomic mass is 9.86. The summed E-state index contributed by atoms with van der Waals surface area (Å²) in [5, 5.41) is 7.50. The maximum atomic E-state index is 6.86. The SMILES string of the molecule is CCCC(C)CC(C)c1ccc2c(c1)c1ccc(Oc3cc(-n4nc(C)c(-c5ccccc5)c4C)cc(C(C)(C)C)c3)cc1n2-c1cc(C(C)(C)C)ccn1. The third kappa shape index (κ3) is 7.72. The summed E-state index contributed by atoms with van der Waals surface area (Å²) in [6, 6.07) is 35.0. The summed E-state index contributed by atoms with van der Waals surface area (Å²) in [4.78, 5) is 4.96. The minimum atomic E-state index is -0.101. The van der Waals surface area contributed by atoms with Gasteiger partial charge < -0.3 is 4.74 Å². The molecule has 0 amide bonds. The zero-order chi connectivity index (χ0) is 39.2. The molecule has 0 N–H and O–H groups in total. The van der Waals surface area contributed by atoms with Crippen LogP contribution >= 0.6 is 0 Å². The molecule has 55 heavy (non-hydrogen) atoms. The highest BCUT2D eigenvalue weighted by Gasteiger charge is 2.22. The van der Waals surface area contributed by atoms with Crippen LogP contribution < -0.4 is 4.74 Å². The topological polar surface area (TPSA) is 44.9 Å². The van der Waals surface area contributed by atoms with Crippen molar-refractivity contribution in [1.82, 2.24) is 19.3 Å². The van der Waals surface area contributed by atoms with Crippen LogP contribution in [-0.4, -0.2) is 19.3 Å². The normalized spacial score (nSPS) is 13.4. The van der Waals surface area contributed by atoms with Crippen LogP contribution in [0.4, 0.5) is 0 Å². The summed E-state index contributed by atoms with van der Waals surface area (Å²) in [6.45, 7) is 24.8. The standard InChI is InChI=1S/C50H58N4O/c1-12-16-32(2)25-33(3)37-19-22-45-44(26-37)43-21-20-41(31-46(43)53(45)47-29-38(23-24-51-47)49(6,7)8)55-42-28-39(50(9,10)11)27-40(30-42)54-35(5)48(34(4)52-54)36-17-14-13-15-18-36/h13-15,17-24,26-33H,12,16,25H2,1-11H3. The summed E-state index contributed by atoms with van der Waals surface area (Å²) in [5.41, 5.74) is 11.4. The average molecular weight is 731 g/mol. The number of hydrogen-bond acceptors (Lipinski definition) is 3. The zero-order valence-corrected chi connectivity index (χ0v) is 34.8. The number of ether oxygens (including phenoxy) is 1. The fraction of sp³-hybridized carbons (Fsp3) is 0.360. The van der Waals surface area contributed by atoms with E-state index >= 15 is 0 Å². The van der Waals surface area contributed by atoms with E-state index in [1.165, 1.54) is 57.9 Å². The third-order valence-corrected chi connectivity index (χ3v) is 11.3. The molecular weight excluding hydrogens is 673 g/mol. The molecule has 0 spiro atoms. The van der Waals surface area contributed by atoms with Crippen molar-refractivity contribution < 1.29 is 4.74 Å². The Labute approximate surface area is 328 Å². The van der Waals surface area contributed by atoms with Gasteiger partial charge in [0.1, 0.15) is 17.3 Å². The largest absolute Gasteiger partial charge is 0.457 e. The maximum Gasteiger partial charge on any atom is 0.137 e. The van der Waals surface area contributed by atoms with Crippen LogP contribution in [-0.2, 0) is 10.8 Å². The first-order valence-electron chi connectivity index (χ1n) is 20.1. The minimum absolute atomic E-state index is 0.00832. The van der Waals surface area contributed by atoms with Gasteiger partial charge in [0, 0.05) is 40.4 Å². The Balaban J connectivity index is 1.35. The lowest BCUT2D eigenvalue weighted by Gasteiger charge is -2.22. The lowest BCUT2D eigenvalue weighted by Crippen LogP contribution is -2.12. The molecule has 7 aromatic rings. The van der Waals surface area contributed by atoms with E-state index in [4.69, 9.17) is 14.8 Å². The molecule has 7 rings (SSSR count). The lowest BCUT2D eigenvalue weighted by molar-refractivity contribution is 0.449. The van der Waals surface area contributed by atoms with E-state index in [1.807, 2.05) is 6.20 Å².